The molecule has 0 unspecified atom stereocenters. The first kappa shape index (κ1) is 18.7. The van der Waals surface area contributed by atoms with E-state index in [0.29, 0.717) is 17.9 Å². The molecule has 3 aliphatic heterocycles. The highest BCUT2D eigenvalue weighted by molar-refractivity contribution is 6.02. The van der Waals surface area contributed by atoms with Crippen molar-refractivity contribution in [3.8, 4) is 0 Å². The summed E-state index contributed by atoms with van der Waals surface area (Å²) in [5.41, 5.74) is 1.15. The van der Waals surface area contributed by atoms with Gasteiger partial charge >= 0.3 is 0 Å². The summed E-state index contributed by atoms with van der Waals surface area (Å²) >= 11 is 0. The largest absolute Gasteiger partial charge is 0.362 e. The van der Waals surface area contributed by atoms with Crippen LogP contribution in [0.3, 0.4) is 0 Å². The van der Waals surface area contributed by atoms with Crippen LogP contribution in [0.25, 0.3) is 0 Å². The Morgan fingerprint density at radius 2 is 2.00 bits per heavy atom. The van der Waals surface area contributed by atoms with Crippen LogP contribution in [-0.4, -0.2) is 59.5 Å². The van der Waals surface area contributed by atoms with Crippen LogP contribution in [0.4, 0.5) is 5.69 Å². The highest BCUT2D eigenvalue weighted by atomic mass is 16.2. The van der Waals surface area contributed by atoms with Crippen LogP contribution in [0.15, 0.2) is 24.3 Å². The van der Waals surface area contributed by atoms with Crippen molar-refractivity contribution in [2.45, 2.75) is 57.2 Å². The normalized spacial score (nSPS) is 40.0. The quantitative estimate of drug-likeness (QED) is 0.750. The number of carbonyl (C=O) groups excluding carboxylic acids is 2. The Morgan fingerprint density at radius 1 is 1.13 bits per heavy atom. The Hall–Kier alpha value is -2.08. The van der Waals surface area contributed by atoms with Gasteiger partial charge in [0.05, 0.1) is 5.56 Å². The molecule has 0 radical (unpaired) electrons. The topological polar surface area (TPSA) is 64.7 Å². The maximum absolute atomic E-state index is 13.7. The molecule has 3 heterocycles. The average molecular weight is 409 g/mol. The third-order valence-electron chi connectivity index (χ3n) is 8.87. The van der Waals surface area contributed by atoms with Gasteiger partial charge in [0.1, 0.15) is 5.66 Å². The first-order valence-corrected chi connectivity index (χ1v) is 11.7. The van der Waals surface area contributed by atoms with Gasteiger partial charge < -0.3 is 15.5 Å². The SMILES string of the molecule is C[C@]12CC[C@H](C[C@@H]1C(=O)N1CCN3CCC[C@@H]3C1)[C@]1(C2)NC(=O)c2ccccc2N1. The number of benzene rings is 1. The molecule has 3 aliphatic carbocycles. The highest BCUT2D eigenvalue weighted by Crippen LogP contribution is 2.58. The second-order valence-corrected chi connectivity index (χ2v) is 10.6. The summed E-state index contributed by atoms with van der Waals surface area (Å²) in [5.74, 6) is 0.746. The van der Waals surface area contributed by atoms with Crippen LogP contribution in [0, 0.1) is 17.3 Å². The van der Waals surface area contributed by atoms with E-state index in [1.807, 2.05) is 24.3 Å². The first-order chi connectivity index (χ1) is 14.5. The number of hydrogen-bond donors (Lipinski definition) is 2. The number of amides is 2. The standard InChI is InChI=1S/C24H32N4O2/c1-23-9-8-16(24(15-23)25-20-7-3-2-6-18(20)21(29)26-24)13-19(23)22(30)28-12-11-27-10-4-5-17(27)14-28/h2-3,6-7,16-17,19,25H,4-5,8-15H2,1H3,(H,26,29)/t16-,17-,19-,23-,24+/m1/s1. The van der Waals surface area contributed by atoms with Gasteiger partial charge in [-0.3, -0.25) is 14.5 Å². The molecule has 5 fully saturated rings. The second-order valence-electron chi connectivity index (χ2n) is 10.6. The maximum Gasteiger partial charge on any atom is 0.255 e. The summed E-state index contributed by atoms with van der Waals surface area (Å²) < 4.78 is 0. The fraction of sp³-hybridized carbons (Fsp3) is 0.667. The molecule has 6 heteroatoms. The molecule has 2 saturated heterocycles. The lowest BCUT2D eigenvalue weighted by atomic mass is 9.51. The zero-order valence-electron chi connectivity index (χ0n) is 17.8. The number of piperazine rings is 1. The van der Waals surface area contributed by atoms with E-state index in [1.54, 1.807) is 0 Å². The Labute approximate surface area is 178 Å². The maximum atomic E-state index is 13.7. The summed E-state index contributed by atoms with van der Waals surface area (Å²) in [5, 5.41) is 7.04. The molecule has 160 valence electrons. The third-order valence-corrected chi connectivity index (χ3v) is 8.87. The second kappa shape index (κ2) is 6.46. The molecule has 6 nitrogen and oxygen atoms in total. The van der Waals surface area contributed by atoms with Crippen LogP contribution in [-0.2, 0) is 4.79 Å². The minimum atomic E-state index is -0.417. The Bertz CT molecular complexity index is 903. The van der Waals surface area contributed by atoms with Gasteiger partial charge in [-0.05, 0) is 62.6 Å². The predicted molar refractivity (Wildman–Crippen MR) is 115 cm³/mol. The number of anilines is 1. The van der Waals surface area contributed by atoms with Crippen LogP contribution >= 0.6 is 0 Å². The van der Waals surface area contributed by atoms with Gasteiger partial charge in [-0.1, -0.05) is 19.1 Å². The summed E-state index contributed by atoms with van der Waals surface area (Å²) in [4.78, 5) is 31.3. The molecule has 1 spiro atoms. The summed E-state index contributed by atoms with van der Waals surface area (Å²) in [6.07, 6.45) is 6.32. The van der Waals surface area contributed by atoms with Crippen LogP contribution in [0.1, 0.15) is 55.8 Å². The molecule has 6 aliphatic rings. The molecule has 2 amide bonds. The van der Waals surface area contributed by atoms with Crippen molar-refractivity contribution in [1.29, 1.82) is 0 Å². The Morgan fingerprint density at radius 3 is 2.87 bits per heavy atom. The molecular weight excluding hydrogens is 376 g/mol. The zero-order chi connectivity index (χ0) is 20.5. The summed E-state index contributed by atoms with van der Waals surface area (Å²) in [6.45, 7) is 6.30. The first-order valence-electron chi connectivity index (χ1n) is 11.7. The van der Waals surface area contributed by atoms with Gasteiger partial charge in [-0.15, -0.1) is 0 Å². The van der Waals surface area contributed by atoms with Crippen LogP contribution < -0.4 is 10.6 Å². The molecule has 2 N–H and O–H groups in total. The Kier molecular flexibility index (Phi) is 4.02. The van der Waals surface area contributed by atoms with Crippen LogP contribution in [0.2, 0.25) is 0 Å². The number of nitrogens with one attached hydrogen (secondary N) is 2. The van der Waals surface area contributed by atoms with E-state index in [9.17, 15) is 9.59 Å². The van der Waals surface area contributed by atoms with Crippen molar-refractivity contribution in [3.63, 3.8) is 0 Å². The van der Waals surface area contributed by atoms with E-state index in [1.165, 1.54) is 19.4 Å². The summed E-state index contributed by atoms with van der Waals surface area (Å²) in [6, 6.07) is 8.34. The van der Waals surface area contributed by atoms with E-state index < -0.39 is 5.66 Å². The van der Waals surface area contributed by atoms with Crippen molar-refractivity contribution in [1.82, 2.24) is 15.1 Å². The molecule has 5 atom stereocenters. The number of nitrogens with zero attached hydrogens (tertiary/aromatic N) is 2. The lowest BCUT2D eigenvalue weighted by Crippen LogP contribution is -2.70. The molecule has 30 heavy (non-hydrogen) atoms. The van der Waals surface area contributed by atoms with Crippen molar-refractivity contribution in [3.05, 3.63) is 29.8 Å². The van der Waals surface area contributed by atoms with Crippen molar-refractivity contribution >= 4 is 17.5 Å². The molecule has 1 aromatic carbocycles. The lowest BCUT2D eigenvalue weighted by molar-refractivity contribution is -0.153. The van der Waals surface area contributed by atoms with Gasteiger partial charge in [-0.2, -0.15) is 0 Å². The molecule has 1 aromatic rings. The van der Waals surface area contributed by atoms with Crippen molar-refractivity contribution < 1.29 is 9.59 Å². The third kappa shape index (κ3) is 2.65. The number of carbonyl (C=O) groups is 2. The highest BCUT2D eigenvalue weighted by Gasteiger charge is 2.60. The fourth-order valence-electron chi connectivity index (χ4n) is 7.24. The summed E-state index contributed by atoms with van der Waals surface area (Å²) in [7, 11) is 0. The predicted octanol–water partition coefficient (Wildman–Crippen LogP) is 2.67. The number of rotatable bonds is 1. The molecule has 0 aromatic heterocycles. The molecule has 3 saturated carbocycles. The van der Waals surface area contributed by atoms with E-state index >= 15 is 0 Å². The van der Waals surface area contributed by atoms with Crippen molar-refractivity contribution in [2.75, 3.05) is 31.5 Å². The van der Waals surface area contributed by atoms with E-state index in [4.69, 9.17) is 0 Å². The van der Waals surface area contributed by atoms with E-state index in [0.717, 1.165) is 56.6 Å². The zero-order valence-corrected chi connectivity index (χ0v) is 17.8. The minimum absolute atomic E-state index is 0.0146. The van der Waals surface area contributed by atoms with Gasteiger partial charge in [0, 0.05) is 43.2 Å². The molecule has 2 bridgehead atoms. The van der Waals surface area contributed by atoms with E-state index in [2.05, 4.69) is 27.4 Å². The van der Waals surface area contributed by atoms with Gasteiger partial charge in [-0.25, -0.2) is 0 Å². The molecular formula is C24H32N4O2. The molecule has 7 rings (SSSR count). The van der Waals surface area contributed by atoms with Gasteiger partial charge in [0.15, 0.2) is 0 Å². The lowest BCUT2D eigenvalue weighted by Gasteiger charge is -2.61. The van der Waals surface area contributed by atoms with Gasteiger partial charge in [0.25, 0.3) is 5.91 Å². The minimum Gasteiger partial charge on any atom is -0.362 e. The number of hydrogen-bond acceptors (Lipinski definition) is 4. The Balaban J connectivity index is 1.24. The van der Waals surface area contributed by atoms with Crippen LogP contribution in [0.5, 0.6) is 0 Å². The monoisotopic (exact) mass is 408 g/mol. The van der Waals surface area contributed by atoms with Crippen molar-refractivity contribution in [2.24, 2.45) is 17.3 Å². The number of fused-ring (bicyclic) bond motifs is 4. The number of para-hydroxylation sites is 1. The fourth-order valence-corrected chi connectivity index (χ4v) is 7.24. The van der Waals surface area contributed by atoms with E-state index in [-0.39, 0.29) is 17.2 Å². The van der Waals surface area contributed by atoms with Gasteiger partial charge in [0.2, 0.25) is 5.91 Å². The average Bonchev–Trinajstić information content (AvgIpc) is 3.21. The smallest absolute Gasteiger partial charge is 0.255 e.